The number of nitrogens with zero attached hydrogens (tertiary/aromatic N) is 5. The van der Waals surface area contributed by atoms with E-state index in [0.717, 1.165) is 5.56 Å². The Labute approximate surface area is 143 Å². The Balaban J connectivity index is 1.88. The third-order valence-electron chi connectivity index (χ3n) is 4.28. The predicted molar refractivity (Wildman–Crippen MR) is 93.5 cm³/mol. The van der Waals surface area contributed by atoms with Gasteiger partial charge in [0.1, 0.15) is 6.61 Å². The number of benzene rings is 1. The molecule has 0 aliphatic heterocycles. The SMILES string of the molecule is COCc1nc2ncc3c(=O)n(C(C)c4ccccc4)ccc3n2n1. The molecule has 7 nitrogen and oxygen atoms in total. The maximum Gasteiger partial charge on any atom is 0.262 e. The zero-order valence-corrected chi connectivity index (χ0v) is 14.0. The van der Waals surface area contributed by atoms with E-state index in [1.807, 2.05) is 43.3 Å². The summed E-state index contributed by atoms with van der Waals surface area (Å²) in [5.41, 5.74) is 1.65. The summed E-state index contributed by atoms with van der Waals surface area (Å²) in [6.07, 6.45) is 3.35. The van der Waals surface area contributed by atoms with Crippen LogP contribution >= 0.6 is 0 Å². The minimum atomic E-state index is -0.105. The monoisotopic (exact) mass is 335 g/mol. The molecule has 0 saturated carbocycles. The van der Waals surface area contributed by atoms with Crippen molar-refractivity contribution in [2.24, 2.45) is 0 Å². The van der Waals surface area contributed by atoms with Gasteiger partial charge in [0.05, 0.1) is 16.9 Å². The van der Waals surface area contributed by atoms with E-state index in [0.29, 0.717) is 29.1 Å². The molecule has 7 heteroatoms. The molecule has 0 amide bonds. The third-order valence-corrected chi connectivity index (χ3v) is 4.28. The van der Waals surface area contributed by atoms with Gasteiger partial charge in [0.15, 0.2) is 5.82 Å². The van der Waals surface area contributed by atoms with Crippen molar-refractivity contribution in [2.45, 2.75) is 19.6 Å². The van der Waals surface area contributed by atoms with Crippen molar-refractivity contribution in [3.05, 3.63) is 70.5 Å². The van der Waals surface area contributed by atoms with Gasteiger partial charge in [0.25, 0.3) is 11.3 Å². The zero-order chi connectivity index (χ0) is 17.4. The Kier molecular flexibility index (Phi) is 3.77. The summed E-state index contributed by atoms with van der Waals surface area (Å²) in [6.45, 7) is 2.30. The second kappa shape index (κ2) is 6.10. The molecule has 1 aromatic carbocycles. The molecule has 0 saturated heterocycles. The maximum atomic E-state index is 13.0. The van der Waals surface area contributed by atoms with E-state index < -0.39 is 0 Å². The lowest BCUT2D eigenvalue weighted by atomic mass is 10.1. The molecular weight excluding hydrogens is 318 g/mol. The van der Waals surface area contributed by atoms with Crippen LogP contribution in [0.4, 0.5) is 0 Å². The Morgan fingerprint density at radius 1 is 1.20 bits per heavy atom. The fraction of sp³-hybridized carbons (Fsp3) is 0.222. The van der Waals surface area contributed by atoms with E-state index in [4.69, 9.17) is 4.74 Å². The highest BCUT2D eigenvalue weighted by Crippen LogP contribution is 2.18. The van der Waals surface area contributed by atoms with Gasteiger partial charge in [-0.25, -0.2) is 4.98 Å². The first kappa shape index (κ1) is 15.5. The Hall–Kier alpha value is -3.06. The van der Waals surface area contributed by atoms with Crippen LogP contribution in [-0.2, 0) is 11.3 Å². The van der Waals surface area contributed by atoms with Gasteiger partial charge in [0, 0.05) is 19.5 Å². The Morgan fingerprint density at radius 3 is 2.76 bits per heavy atom. The average Bonchev–Trinajstić information content (AvgIpc) is 3.05. The molecule has 25 heavy (non-hydrogen) atoms. The first-order valence-electron chi connectivity index (χ1n) is 7.98. The van der Waals surface area contributed by atoms with Crippen molar-refractivity contribution in [3.8, 4) is 0 Å². The maximum absolute atomic E-state index is 13.0. The highest BCUT2D eigenvalue weighted by atomic mass is 16.5. The van der Waals surface area contributed by atoms with Crippen LogP contribution in [0.15, 0.2) is 53.6 Å². The minimum Gasteiger partial charge on any atom is -0.377 e. The van der Waals surface area contributed by atoms with Crippen molar-refractivity contribution in [1.82, 2.24) is 24.1 Å². The summed E-state index contributed by atoms with van der Waals surface area (Å²) in [7, 11) is 1.58. The van der Waals surface area contributed by atoms with Crippen LogP contribution in [0.3, 0.4) is 0 Å². The van der Waals surface area contributed by atoms with Crippen LogP contribution in [0.2, 0.25) is 0 Å². The second-order valence-corrected chi connectivity index (χ2v) is 5.84. The highest BCUT2D eigenvalue weighted by molar-refractivity contribution is 5.78. The molecule has 4 aromatic rings. The van der Waals surface area contributed by atoms with Crippen molar-refractivity contribution in [2.75, 3.05) is 7.11 Å². The number of pyridine rings is 1. The first-order valence-corrected chi connectivity index (χ1v) is 7.98. The highest BCUT2D eigenvalue weighted by Gasteiger charge is 2.14. The Bertz CT molecular complexity index is 1100. The van der Waals surface area contributed by atoms with Crippen molar-refractivity contribution < 1.29 is 4.74 Å². The van der Waals surface area contributed by atoms with E-state index >= 15 is 0 Å². The number of fused-ring (bicyclic) bond motifs is 3. The lowest BCUT2D eigenvalue weighted by Gasteiger charge is -2.16. The molecule has 0 radical (unpaired) electrons. The molecule has 3 aromatic heterocycles. The predicted octanol–water partition coefficient (Wildman–Crippen LogP) is 2.19. The topological polar surface area (TPSA) is 74.3 Å². The Morgan fingerprint density at radius 2 is 2.00 bits per heavy atom. The van der Waals surface area contributed by atoms with Crippen molar-refractivity contribution in [1.29, 1.82) is 0 Å². The van der Waals surface area contributed by atoms with Crippen molar-refractivity contribution in [3.63, 3.8) is 0 Å². The molecule has 3 heterocycles. The van der Waals surface area contributed by atoms with Crippen LogP contribution < -0.4 is 5.56 Å². The fourth-order valence-electron chi connectivity index (χ4n) is 2.96. The number of hydrogen-bond acceptors (Lipinski definition) is 5. The largest absolute Gasteiger partial charge is 0.377 e. The molecule has 0 aliphatic carbocycles. The quantitative estimate of drug-likeness (QED) is 0.571. The molecule has 0 aliphatic rings. The van der Waals surface area contributed by atoms with Gasteiger partial charge >= 0.3 is 0 Å². The third kappa shape index (κ3) is 2.58. The molecule has 0 bridgehead atoms. The summed E-state index contributed by atoms with van der Waals surface area (Å²) in [5, 5.41) is 4.88. The standard InChI is InChI=1S/C18H17N5O2/c1-12(13-6-4-3-5-7-13)22-9-8-15-14(17(22)24)10-19-18-20-16(11-25-2)21-23(15)18/h3-10,12H,11H2,1-2H3. The second-order valence-electron chi connectivity index (χ2n) is 5.84. The summed E-state index contributed by atoms with van der Waals surface area (Å²) in [4.78, 5) is 21.5. The molecule has 0 N–H and O–H groups in total. The molecule has 0 fully saturated rings. The van der Waals surface area contributed by atoms with Crippen LogP contribution in [-0.4, -0.2) is 31.3 Å². The van der Waals surface area contributed by atoms with Gasteiger partial charge in [-0.1, -0.05) is 30.3 Å². The van der Waals surface area contributed by atoms with Gasteiger partial charge in [0.2, 0.25) is 0 Å². The molecule has 4 rings (SSSR count). The first-order chi connectivity index (χ1) is 12.2. The van der Waals surface area contributed by atoms with Gasteiger partial charge in [-0.15, -0.1) is 5.10 Å². The molecule has 1 unspecified atom stereocenters. The van der Waals surface area contributed by atoms with Gasteiger partial charge in [-0.3, -0.25) is 4.79 Å². The van der Waals surface area contributed by atoms with Crippen molar-refractivity contribution >= 4 is 16.7 Å². The number of aromatic nitrogens is 5. The van der Waals surface area contributed by atoms with Gasteiger partial charge in [-0.2, -0.15) is 9.50 Å². The minimum absolute atomic E-state index is 0.0754. The van der Waals surface area contributed by atoms with E-state index in [-0.39, 0.29) is 11.6 Å². The number of ether oxygens (including phenoxy) is 1. The van der Waals surface area contributed by atoms with E-state index in [2.05, 4.69) is 15.1 Å². The summed E-state index contributed by atoms with van der Waals surface area (Å²) in [5.74, 6) is 0.983. The number of hydrogen-bond donors (Lipinski definition) is 0. The van der Waals surface area contributed by atoms with Crippen LogP contribution in [0, 0.1) is 0 Å². The van der Waals surface area contributed by atoms with Gasteiger partial charge in [-0.05, 0) is 18.6 Å². The molecule has 1 atom stereocenters. The molecule has 126 valence electrons. The fourth-order valence-corrected chi connectivity index (χ4v) is 2.96. The summed E-state index contributed by atoms with van der Waals surface area (Å²) < 4.78 is 8.35. The van der Waals surface area contributed by atoms with E-state index in [1.54, 1.807) is 28.6 Å². The van der Waals surface area contributed by atoms with Gasteiger partial charge < -0.3 is 9.30 Å². The lowest BCUT2D eigenvalue weighted by molar-refractivity contribution is 0.178. The van der Waals surface area contributed by atoms with Crippen LogP contribution in [0.25, 0.3) is 16.7 Å². The van der Waals surface area contributed by atoms with Crippen LogP contribution in [0.5, 0.6) is 0 Å². The molecular formula is C18H17N5O2. The smallest absolute Gasteiger partial charge is 0.262 e. The normalized spacial score (nSPS) is 12.7. The summed E-state index contributed by atoms with van der Waals surface area (Å²) >= 11 is 0. The van der Waals surface area contributed by atoms with E-state index in [1.165, 1.54) is 0 Å². The number of methoxy groups -OCH3 is 1. The van der Waals surface area contributed by atoms with E-state index in [9.17, 15) is 4.79 Å². The summed E-state index contributed by atoms with van der Waals surface area (Å²) in [6, 6.07) is 11.7. The molecule has 0 spiro atoms. The number of rotatable bonds is 4. The lowest BCUT2D eigenvalue weighted by Crippen LogP contribution is -2.24. The zero-order valence-electron chi connectivity index (χ0n) is 14.0. The average molecular weight is 335 g/mol. The van der Waals surface area contributed by atoms with Crippen LogP contribution in [0.1, 0.15) is 24.4 Å².